The topological polar surface area (TPSA) is 54.2 Å². The van der Waals surface area contributed by atoms with Crippen molar-refractivity contribution in [3.63, 3.8) is 0 Å². The summed E-state index contributed by atoms with van der Waals surface area (Å²) in [6.07, 6.45) is 3.64. The largest absolute Gasteiger partial charge is 0.334 e. The van der Waals surface area contributed by atoms with Gasteiger partial charge in [-0.15, -0.1) is 0 Å². The van der Waals surface area contributed by atoms with E-state index < -0.39 is 0 Å². The van der Waals surface area contributed by atoms with Crippen molar-refractivity contribution >= 4 is 11.3 Å². The van der Waals surface area contributed by atoms with Crippen LogP contribution < -0.4 is 5.32 Å². The third kappa shape index (κ3) is 3.70. The van der Waals surface area contributed by atoms with Crippen LogP contribution in [0, 0.1) is 0 Å². The quantitative estimate of drug-likeness (QED) is 0.889. The zero-order valence-corrected chi connectivity index (χ0v) is 13.2. The summed E-state index contributed by atoms with van der Waals surface area (Å²) >= 11 is 1.64. The maximum atomic E-state index is 5.38. The molecule has 0 aliphatic carbocycles. The Morgan fingerprint density at radius 3 is 3.19 bits per heavy atom. The summed E-state index contributed by atoms with van der Waals surface area (Å²) in [7, 11) is 0. The normalized spacial score (nSPS) is 19.2. The van der Waals surface area contributed by atoms with E-state index in [4.69, 9.17) is 4.52 Å². The summed E-state index contributed by atoms with van der Waals surface area (Å²) in [5.74, 6) is 1.42. The molecule has 0 amide bonds. The average Bonchev–Trinajstić information content (AvgIpc) is 3.19. The molecule has 3 heterocycles. The molecular weight excluding hydrogens is 284 g/mol. The van der Waals surface area contributed by atoms with Gasteiger partial charge in [-0.25, -0.2) is 0 Å². The van der Waals surface area contributed by atoms with Crippen LogP contribution in [0.15, 0.2) is 21.3 Å². The van der Waals surface area contributed by atoms with Gasteiger partial charge in [-0.05, 0) is 43.8 Å². The van der Waals surface area contributed by atoms with Crippen molar-refractivity contribution in [3.8, 4) is 11.5 Å². The summed E-state index contributed by atoms with van der Waals surface area (Å²) in [6, 6.07) is 2.60. The maximum absolute atomic E-state index is 5.38. The van der Waals surface area contributed by atoms with E-state index in [0.717, 1.165) is 44.0 Å². The van der Waals surface area contributed by atoms with Crippen molar-refractivity contribution in [2.24, 2.45) is 0 Å². The van der Waals surface area contributed by atoms with Gasteiger partial charge in [0.15, 0.2) is 5.82 Å². The van der Waals surface area contributed by atoms with E-state index in [0.29, 0.717) is 11.9 Å². The van der Waals surface area contributed by atoms with Crippen molar-refractivity contribution in [1.82, 2.24) is 20.4 Å². The van der Waals surface area contributed by atoms with Crippen molar-refractivity contribution in [3.05, 3.63) is 22.7 Å². The van der Waals surface area contributed by atoms with Crippen molar-refractivity contribution in [1.29, 1.82) is 0 Å². The Bertz CT molecular complexity index is 534. The van der Waals surface area contributed by atoms with Gasteiger partial charge in [0.2, 0.25) is 0 Å². The van der Waals surface area contributed by atoms with E-state index in [1.54, 1.807) is 11.3 Å². The third-order valence-electron chi connectivity index (χ3n) is 3.88. The molecule has 1 unspecified atom stereocenters. The molecule has 2 aromatic rings. The van der Waals surface area contributed by atoms with Crippen LogP contribution in [-0.4, -0.2) is 40.7 Å². The van der Waals surface area contributed by atoms with Gasteiger partial charge in [0, 0.05) is 18.0 Å². The van der Waals surface area contributed by atoms with Crippen molar-refractivity contribution in [2.45, 2.75) is 38.8 Å². The van der Waals surface area contributed by atoms with Gasteiger partial charge in [-0.2, -0.15) is 16.3 Å². The molecule has 1 fully saturated rings. The Hall–Kier alpha value is -1.24. The maximum Gasteiger partial charge on any atom is 0.258 e. The lowest BCUT2D eigenvalue weighted by Gasteiger charge is -2.33. The summed E-state index contributed by atoms with van der Waals surface area (Å²) in [4.78, 5) is 7.02. The van der Waals surface area contributed by atoms with Crippen LogP contribution in [0.5, 0.6) is 0 Å². The number of rotatable bonds is 6. The molecule has 6 heteroatoms. The second-order valence-electron chi connectivity index (χ2n) is 5.50. The minimum atomic E-state index is 0.585. The molecule has 21 heavy (non-hydrogen) atoms. The van der Waals surface area contributed by atoms with Crippen LogP contribution in [0.25, 0.3) is 11.5 Å². The number of aromatic nitrogens is 2. The highest BCUT2D eigenvalue weighted by atomic mass is 32.1. The van der Waals surface area contributed by atoms with Crippen LogP contribution >= 0.6 is 11.3 Å². The predicted octanol–water partition coefficient (Wildman–Crippen LogP) is 2.76. The van der Waals surface area contributed by atoms with Crippen LogP contribution in [0.2, 0.25) is 0 Å². The lowest BCUT2D eigenvalue weighted by molar-refractivity contribution is 0.153. The van der Waals surface area contributed by atoms with E-state index in [2.05, 4.69) is 27.3 Å². The Morgan fingerprint density at radius 1 is 1.52 bits per heavy atom. The third-order valence-corrected chi connectivity index (χ3v) is 4.56. The molecule has 1 aliphatic rings. The van der Waals surface area contributed by atoms with Gasteiger partial charge in [0.05, 0.1) is 12.1 Å². The number of nitrogens with one attached hydrogen (secondary N) is 1. The van der Waals surface area contributed by atoms with Gasteiger partial charge in [0.25, 0.3) is 5.89 Å². The minimum Gasteiger partial charge on any atom is -0.334 e. The number of hydrogen-bond donors (Lipinski definition) is 1. The van der Waals surface area contributed by atoms with Gasteiger partial charge < -0.3 is 9.84 Å². The molecule has 0 spiro atoms. The molecule has 1 atom stereocenters. The minimum absolute atomic E-state index is 0.585. The molecule has 0 aromatic carbocycles. The Kier molecular flexibility index (Phi) is 5.00. The van der Waals surface area contributed by atoms with Crippen LogP contribution in [0.3, 0.4) is 0 Å². The SMILES string of the molecule is CCCN(Cc1noc(-c2ccsc2)n1)C1CCCNC1. The Labute approximate surface area is 129 Å². The van der Waals surface area contributed by atoms with Gasteiger partial charge in [-0.1, -0.05) is 12.1 Å². The molecule has 5 nitrogen and oxygen atoms in total. The fourth-order valence-corrected chi connectivity index (χ4v) is 3.46. The van der Waals surface area contributed by atoms with E-state index >= 15 is 0 Å². The first-order chi connectivity index (χ1) is 10.4. The number of thiophene rings is 1. The number of hydrogen-bond acceptors (Lipinski definition) is 6. The van der Waals surface area contributed by atoms with E-state index in [9.17, 15) is 0 Å². The summed E-state index contributed by atoms with van der Waals surface area (Å²) in [5, 5.41) is 11.7. The molecule has 0 radical (unpaired) electrons. The average molecular weight is 306 g/mol. The second kappa shape index (κ2) is 7.15. The summed E-state index contributed by atoms with van der Waals surface area (Å²) in [5.41, 5.74) is 1.01. The molecule has 0 saturated carbocycles. The molecule has 2 aromatic heterocycles. The highest BCUT2D eigenvalue weighted by Crippen LogP contribution is 2.21. The lowest BCUT2D eigenvalue weighted by Crippen LogP contribution is -2.46. The molecule has 1 saturated heterocycles. The van der Waals surface area contributed by atoms with Gasteiger partial charge >= 0.3 is 0 Å². The van der Waals surface area contributed by atoms with Crippen molar-refractivity contribution in [2.75, 3.05) is 19.6 Å². The first-order valence-corrected chi connectivity index (χ1v) is 8.61. The number of piperidine rings is 1. The first kappa shape index (κ1) is 14.7. The molecule has 1 N–H and O–H groups in total. The van der Waals surface area contributed by atoms with Crippen LogP contribution in [0.1, 0.15) is 32.0 Å². The smallest absolute Gasteiger partial charge is 0.258 e. The van der Waals surface area contributed by atoms with Gasteiger partial charge in [0.1, 0.15) is 0 Å². The van der Waals surface area contributed by atoms with E-state index in [1.807, 2.05) is 16.8 Å². The summed E-state index contributed by atoms with van der Waals surface area (Å²) < 4.78 is 5.38. The molecule has 114 valence electrons. The van der Waals surface area contributed by atoms with Crippen LogP contribution in [0.4, 0.5) is 0 Å². The molecular formula is C15H22N4OS. The molecule has 0 bridgehead atoms. The second-order valence-corrected chi connectivity index (χ2v) is 6.28. The van der Waals surface area contributed by atoms with E-state index in [-0.39, 0.29) is 0 Å². The van der Waals surface area contributed by atoms with Gasteiger partial charge in [-0.3, -0.25) is 4.90 Å². The molecule has 1 aliphatic heterocycles. The molecule has 3 rings (SSSR count). The standard InChI is InChI=1S/C15H22N4OS/c1-2-7-19(13-4-3-6-16-9-13)10-14-17-15(20-18-14)12-5-8-21-11-12/h5,8,11,13,16H,2-4,6-7,9-10H2,1H3. The fourth-order valence-electron chi connectivity index (χ4n) is 2.83. The highest BCUT2D eigenvalue weighted by molar-refractivity contribution is 7.08. The monoisotopic (exact) mass is 306 g/mol. The Balaban J connectivity index is 1.67. The fraction of sp³-hybridized carbons (Fsp3) is 0.600. The van der Waals surface area contributed by atoms with E-state index in [1.165, 1.54) is 12.8 Å². The summed E-state index contributed by atoms with van der Waals surface area (Å²) in [6.45, 7) is 6.27. The van der Waals surface area contributed by atoms with Crippen molar-refractivity contribution < 1.29 is 4.52 Å². The zero-order valence-electron chi connectivity index (χ0n) is 12.4. The highest BCUT2D eigenvalue weighted by Gasteiger charge is 2.22. The first-order valence-electron chi connectivity index (χ1n) is 7.66. The Morgan fingerprint density at radius 2 is 2.48 bits per heavy atom. The predicted molar refractivity (Wildman–Crippen MR) is 84.2 cm³/mol. The van der Waals surface area contributed by atoms with Crippen LogP contribution in [-0.2, 0) is 6.54 Å². The number of nitrogens with zero attached hydrogens (tertiary/aromatic N) is 3. The lowest BCUT2D eigenvalue weighted by atomic mass is 10.1. The zero-order chi connectivity index (χ0) is 14.5.